The topological polar surface area (TPSA) is 96.7 Å². The van der Waals surface area contributed by atoms with Crippen molar-refractivity contribution in [2.45, 2.75) is 98.6 Å². The van der Waals surface area contributed by atoms with Crippen molar-refractivity contribution in [2.75, 3.05) is 0 Å². The molecule has 2 heterocycles. The number of allylic oxidation sites excluding steroid dienone is 1. The second-order valence-electron chi connectivity index (χ2n) is 10.4. The number of halogens is 1. The quantitative estimate of drug-likeness (QED) is 0.419. The van der Waals surface area contributed by atoms with Crippen LogP contribution in [-0.4, -0.2) is 51.4 Å². The van der Waals surface area contributed by atoms with Crippen molar-refractivity contribution in [1.82, 2.24) is 4.98 Å². The van der Waals surface area contributed by atoms with Crippen LogP contribution in [0.3, 0.4) is 0 Å². The molecular formula is C27H40FNO5S. The second-order valence-corrected chi connectivity index (χ2v) is 11.5. The lowest BCUT2D eigenvalue weighted by molar-refractivity contribution is -0.154. The minimum atomic E-state index is -1.28. The molecule has 35 heavy (non-hydrogen) atoms. The molecule has 1 aliphatic heterocycles. The largest absolute Gasteiger partial charge is 0.457 e. The highest BCUT2D eigenvalue weighted by Gasteiger charge is 2.42. The third-order valence-corrected chi connectivity index (χ3v) is 7.95. The molecule has 0 fully saturated rings. The summed E-state index contributed by atoms with van der Waals surface area (Å²) in [7, 11) is 0. The van der Waals surface area contributed by atoms with Crippen molar-refractivity contribution >= 4 is 29.2 Å². The third kappa shape index (κ3) is 7.79. The third-order valence-electron chi connectivity index (χ3n) is 7.15. The van der Waals surface area contributed by atoms with E-state index in [9.17, 15) is 24.2 Å². The van der Waals surface area contributed by atoms with Crippen molar-refractivity contribution in [3.63, 3.8) is 0 Å². The van der Waals surface area contributed by atoms with Gasteiger partial charge < -0.3 is 14.9 Å². The molecule has 1 aromatic rings. The van der Waals surface area contributed by atoms with Gasteiger partial charge in [0.2, 0.25) is 0 Å². The summed E-state index contributed by atoms with van der Waals surface area (Å²) in [4.78, 5) is 30.4. The highest BCUT2D eigenvalue weighted by atomic mass is 32.1. The number of alkyl halides is 1. The molecule has 1 aromatic heterocycles. The average Bonchev–Trinajstić information content (AvgIpc) is 3.21. The Labute approximate surface area is 212 Å². The van der Waals surface area contributed by atoms with Gasteiger partial charge in [-0.3, -0.25) is 9.59 Å². The molecule has 6 atom stereocenters. The summed E-state index contributed by atoms with van der Waals surface area (Å²) in [5.74, 6) is -2.07. The molecule has 0 amide bonds. The van der Waals surface area contributed by atoms with E-state index in [4.69, 9.17) is 4.74 Å². The predicted molar refractivity (Wildman–Crippen MR) is 137 cm³/mol. The number of carbonyl (C=O) groups excluding carboxylic acids is 2. The molecule has 0 saturated heterocycles. The van der Waals surface area contributed by atoms with Crippen LogP contribution in [0.2, 0.25) is 0 Å². The Morgan fingerprint density at radius 2 is 1.89 bits per heavy atom. The van der Waals surface area contributed by atoms with E-state index in [0.29, 0.717) is 12.0 Å². The first-order valence-corrected chi connectivity index (χ1v) is 13.1. The molecule has 0 radical (unpaired) electrons. The zero-order chi connectivity index (χ0) is 26.5. The van der Waals surface area contributed by atoms with Crippen molar-refractivity contribution in [3.8, 4) is 0 Å². The van der Waals surface area contributed by atoms with Crippen LogP contribution in [0.15, 0.2) is 22.6 Å². The maximum absolute atomic E-state index is 14.9. The molecule has 8 heteroatoms. The fourth-order valence-electron chi connectivity index (χ4n) is 4.35. The van der Waals surface area contributed by atoms with Crippen LogP contribution in [-0.2, 0) is 14.3 Å². The number of rotatable bonds is 2. The number of cyclic esters (lactones) is 1. The van der Waals surface area contributed by atoms with Gasteiger partial charge >= 0.3 is 5.97 Å². The summed E-state index contributed by atoms with van der Waals surface area (Å²) in [5, 5.41) is 24.4. The normalized spacial score (nSPS) is 33.7. The minimum absolute atomic E-state index is 0.213. The molecule has 2 N–H and O–H groups in total. The SMILES string of the molecule is C/C1=C/CC(/C(C)=C/c2csc(C)n2)OC(=O)C[C@H](O)C(C)(C)C(=O)C(C)C(O)C(C)CC[C@@H]1F. The molecule has 2 rings (SSSR count). The Morgan fingerprint density at radius 3 is 2.49 bits per heavy atom. The van der Waals surface area contributed by atoms with Gasteiger partial charge in [0.1, 0.15) is 18.1 Å². The number of aliphatic hydroxyl groups excluding tert-OH is 2. The van der Waals surface area contributed by atoms with E-state index in [2.05, 4.69) is 4.98 Å². The van der Waals surface area contributed by atoms with Crippen molar-refractivity contribution in [3.05, 3.63) is 33.3 Å². The van der Waals surface area contributed by atoms with Crippen LogP contribution in [0.5, 0.6) is 0 Å². The first-order chi connectivity index (χ1) is 16.2. The van der Waals surface area contributed by atoms with Crippen LogP contribution in [0.1, 0.15) is 77.9 Å². The Bertz CT molecular complexity index is 953. The molecule has 0 saturated carbocycles. The summed E-state index contributed by atoms with van der Waals surface area (Å²) < 4.78 is 20.6. The number of aliphatic hydroxyl groups is 2. The molecule has 0 aromatic carbocycles. The predicted octanol–water partition coefficient (Wildman–Crippen LogP) is 5.21. The van der Waals surface area contributed by atoms with Gasteiger partial charge in [-0.1, -0.05) is 33.8 Å². The number of ketones is 1. The zero-order valence-electron chi connectivity index (χ0n) is 21.9. The van der Waals surface area contributed by atoms with Gasteiger partial charge in [-0.15, -0.1) is 11.3 Å². The molecule has 4 unspecified atom stereocenters. The van der Waals surface area contributed by atoms with Gasteiger partial charge in [0.25, 0.3) is 0 Å². The fraction of sp³-hybridized carbons (Fsp3) is 0.667. The van der Waals surface area contributed by atoms with Gasteiger partial charge in [-0.2, -0.15) is 0 Å². The summed E-state index contributed by atoms with van der Waals surface area (Å²) in [6.07, 6.45) is -0.0115. The van der Waals surface area contributed by atoms with E-state index < -0.39 is 41.8 Å². The number of esters is 1. The van der Waals surface area contributed by atoms with Crippen LogP contribution in [0.4, 0.5) is 4.39 Å². The standard InChI is InChI=1S/C27H40FNO5S/c1-15-9-11-22(17(3)12-20-14-35-19(5)29-20)34-24(31)13-23(30)27(6,7)26(33)18(4)25(32)16(2)8-10-21(15)28/h9,12,14,16,18,21-23,25,30,32H,8,10-11,13H2,1-7H3/b15-9-,17-12+/t16?,18?,21-,22?,23-,25?/m0/s1. The number of nitrogens with zero attached hydrogens (tertiary/aromatic N) is 1. The molecule has 196 valence electrons. The fourth-order valence-corrected chi connectivity index (χ4v) is 4.92. The monoisotopic (exact) mass is 509 g/mol. The molecule has 6 nitrogen and oxygen atoms in total. The van der Waals surface area contributed by atoms with Crippen molar-refractivity contribution in [2.24, 2.45) is 17.3 Å². The Hall–Kier alpha value is -1.90. The van der Waals surface area contributed by atoms with Crippen LogP contribution in [0.25, 0.3) is 6.08 Å². The summed E-state index contributed by atoms with van der Waals surface area (Å²) in [6.45, 7) is 12.0. The first-order valence-electron chi connectivity index (χ1n) is 12.2. The number of hydrogen-bond donors (Lipinski definition) is 2. The number of ether oxygens (including phenoxy) is 1. The van der Waals surface area contributed by atoms with Gasteiger partial charge in [-0.05, 0) is 56.8 Å². The lowest BCUT2D eigenvalue weighted by atomic mass is 9.73. The smallest absolute Gasteiger partial charge is 0.309 e. The van der Waals surface area contributed by atoms with E-state index in [1.54, 1.807) is 40.7 Å². The van der Waals surface area contributed by atoms with E-state index in [0.717, 1.165) is 16.3 Å². The maximum Gasteiger partial charge on any atom is 0.309 e. The summed E-state index contributed by atoms with van der Waals surface area (Å²) in [6, 6.07) is 0. The van der Waals surface area contributed by atoms with Gasteiger partial charge in [0.15, 0.2) is 0 Å². The lowest BCUT2D eigenvalue weighted by Crippen LogP contribution is -2.45. The summed E-state index contributed by atoms with van der Waals surface area (Å²) >= 11 is 1.51. The van der Waals surface area contributed by atoms with E-state index in [1.807, 2.05) is 25.3 Å². The minimum Gasteiger partial charge on any atom is -0.457 e. The van der Waals surface area contributed by atoms with Gasteiger partial charge in [0, 0.05) is 17.7 Å². The molecule has 0 aliphatic carbocycles. The van der Waals surface area contributed by atoms with Crippen LogP contribution >= 0.6 is 11.3 Å². The number of carbonyl (C=O) groups is 2. The van der Waals surface area contributed by atoms with Gasteiger partial charge in [0.05, 0.1) is 34.7 Å². The van der Waals surface area contributed by atoms with Crippen LogP contribution in [0, 0.1) is 24.2 Å². The van der Waals surface area contributed by atoms with Gasteiger partial charge in [-0.25, -0.2) is 9.37 Å². The lowest BCUT2D eigenvalue weighted by Gasteiger charge is -2.34. The van der Waals surface area contributed by atoms with Crippen LogP contribution < -0.4 is 0 Å². The Kier molecular flexibility index (Phi) is 10.4. The number of thiazole rings is 1. The molecular weight excluding hydrogens is 469 g/mol. The second kappa shape index (κ2) is 12.4. The maximum atomic E-state index is 14.9. The molecule has 1 aliphatic rings. The number of hydrogen-bond acceptors (Lipinski definition) is 7. The molecule has 0 spiro atoms. The Morgan fingerprint density at radius 1 is 1.23 bits per heavy atom. The first kappa shape index (κ1) is 29.3. The zero-order valence-corrected chi connectivity index (χ0v) is 22.7. The number of aryl methyl sites for hydroxylation is 1. The van der Waals surface area contributed by atoms with E-state index >= 15 is 0 Å². The highest BCUT2D eigenvalue weighted by Crippen LogP contribution is 2.33. The van der Waals surface area contributed by atoms with Crippen molar-refractivity contribution in [1.29, 1.82) is 0 Å². The average molecular weight is 510 g/mol. The summed E-state index contributed by atoms with van der Waals surface area (Å²) in [5.41, 5.74) is 0.765. The van der Waals surface area contributed by atoms with E-state index in [-0.39, 0.29) is 31.0 Å². The van der Waals surface area contributed by atoms with E-state index in [1.165, 1.54) is 11.3 Å². The number of aromatic nitrogens is 1. The Balaban J connectivity index is 2.38. The highest BCUT2D eigenvalue weighted by molar-refractivity contribution is 7.09. The van der Waals surface area contributed by atoms with Crippen molar-refractivity contribution < 1.29 is 28.9 Å². The molecule has 0 bridgehead atoms. The number of Topliss-reactive ketones (excluding diaryl/α,β-unsaturated/α-hetero) is 1.